The Bertz CT molecular complexity index is 414. The first kappa shape index (κ1) is 12.0. The van der Waals surface area contributed by atoms with E-state index in [4.69, 9.17) is 5.73 Å². The molecule has 0 bridgehead atoms. The Morgan fingerprint density at radius 3 is 2.62 bits per heavy atom. The minimum Gasteiger partial charge on any atom is -0.507 e. The molecular weight excluding hydrogens is 215 g/mol. The van der Waals surface area contributed by atoms with E-state index in [1.54, 1.807) is 0 Å². The molecule has 86 valence electrons. The van der Waals surface area contributed by atoms with Crippen LogP contribution in [-0.4, -0.2) is 23.0 Å². The van der Waals surface area contributed by atoms with Crippen molar-refractivity contribution in [2.24, 2.45) is 5.73 Å². The van der Waals surface area contributed by atoms with E-state index in [1.807, 2.05) is 0 Å². The van der Waals surface area contributed by atoms with Crippen LogP contribution >= 0.6 is 0 Å². The fraction of sp³-hybridized carbons (Fsp3) is 0.200. The van der Waals surface area contributed by atoms with Gasteiger partial charge in [0.25, 0.3) is 5.91 Å². The first-order valence-corrected chi connectivity index (χ1v) is 4.51. The third-order valence-electron chi connectivity index (χ3n) is 1.99. The smallest absolute Gasteiger partial charge is 0.258 e. The normalized spacial score (nSPS) is 11.9. The third-order valence-corrected chi connectivity index (χ3v) is 1.99. The summed E-state index contributed by atoms with van der Waals surface area (Å²) in [4.78, 5) is 22.2. The molecule has 2 amide bonds. The Labute approximate surface area is 91.1 Å². The Morgan fingerprint density at radius 1 is 1.50 bits per heavy atom. The maximum Gasteiger partial charge on any atom is 0.258 e. The molecule has 0 aromatic heterocycles. The van der Waals surface area contributed by atoms with Gasteiger partial charge >= 0.3 is 0 Å². The van der Waals surface area contributed by atoms with E-state index in [0.29, 0.717) is 0 Å². The first-order valence-electron chi connectivity index (χ1n) is 4.51. The second kappa shape index (κ2) is 4.61. The Morgan fingerprint density at radius 2 is 2.12 bits per heavy atom. The van der Waals surface area contributed by atoms with Gasteiger partial charge in [0.2, 0.25) is 5.91 Å². The summed E-state index contributed by atoms with van der Waals surface area (Å²) in [5.41, 5.74) is 4.42. The molecule has 5 nitrogen and oxygen atoms in total. The van der Waals surface area contributed by atoms with Crippen LogP contribution in [0.25, 0.3) is 0 Å². The van der Waals surface area contributed by atoms with Gasteiger partial charge in [0.05, 0.1) is 0 Å². The lowest BCUT2D eigenvalue weighted by Crippen LogP contribution is -2.42. The molecule has 1 aromatic rings. The predicted octanol–water partition coefficient (Wildman–Crippen LogP) is 0.135. The highest BCUT2D eigenvalue weighted by Crippen LogP contribution is 2.19. The fourth-order valence-corrected chi connectivity index (χ4v) is 1.08. The number of carbonyl (C=O) groups is 2. The maximum absolute atomic E-state index is 13.2. The minimum atomic E-state index is -0.938. The second-order valence-corrected chi connectivity index (χ2v) is 3.23. The summed E-state index contributed by atoms with van der Waals surface area (Å²) in [5, 5.41) is 11.5. The fourth-order valence-electron chi connectivity index (χ4n) is 1.08. The highest BCUT2D eigenvalue weighted by molar-refractivity contribution is 5.99. The number of hydrogen-bond acceptors (Lipinski definition) is 3. The Hall–Kier alpha value is -2.11. The molecule has 1 atom stereocenters. The number of benzene rings is 1. The van der Waals surface area contributed by atoms with Gasteiger partial charge in [-0.1, -0.05) is 6.07 Å². The molecule has 0 aliphatic rings. The topological polar surface area (TPSA) is 92.4 Å². The van der Waals surface area contributed by atoms with Crippen LogP contribution in [0.4, 0.5) is 4.39 Å². The molecule has 6 heteroatoms. The Kier molecular flexibility index (Phi) is 3.44. The monoisotopic (exact) mass is 226 g/mol. The van der Waals surface area contributed by atoms with Crippen LogP contribution in [0.2, 0.25) is 0 Å². The van der Waals surface area contributed by atoms with Crippen molar-refractivity contribution in [3.63, 3.8) is 0 Å². The molecule has 0 spiro atoms. The van der Waals surface area contributed by atoms with Crippen molar-refractivity contribution >= 4 is 11.8 Å². The van der Waals surface area contributed by atoms with Gasteiger partial charge in [-0.2, -0.15) is 0 Å². The van der Waals surface area contributed by atoms with Gasteiger partial charge in [-0.3, -0.25) is 9.59 Å². The Balaban J connectivity index is 2.93. The number of aromatic hydroxyl groups is 1. The number of phenols is 1. The molecule has 1 aromatic carbocycles. The van der Waals surface area contributed by atoms with Crippen LogP contribution in [-0.2, 0) is 4.79 Å². The molecule has 16 heavy (non-hydrogen) atoms. The summed E-state index contributed by atoms with van der Waals surface area (Å²) in [5.74, 6) is -2.99. The standard InChI is InChI=1S/C10H11FN2O3/c1-5(9(12)15)13-10(16)8-6(11)3-2-4-7(8)14/h2-5,14H,1H3,(H2,12,15)(H,13,16). The van der Waals surface area contributed by atoms with E-state index in [0.717, 1.165) is 6.07 Å². The van der Waals surface area contributed by atoms with Crippen LogP contribution < -0.4 is 11.1 Å². The summed E-state index contributed by atoms with van der Waals surface area (Å²) in [7, 11) is 0. The third kappa shape index (κ3) is 2.47. The number of nitrogens with two attached hydrogens (primary N) is 1. The summed E-state index contributed by atoms with van der Waals surface area (Å²) in [6, 6.07) is 2.53. The number of carbonyl (C=O) groups excluding carboxylic acids is 2. The lowest BCUT2D eigenvalue weighted by Gasteiger charge is -2.11. The van der Waals surface area contributed by atoms with E-state index in [9.17, 15) is 19.1 Å². The second-order valence-electron chi connectivity index (χ2n) is 3.23. The quantitative estimate of drug-likeness (QED) is 0.684. The average Bonchev–Trinajstić information content (AvgIpc) is 2.16. The molecule has 0 saturated carbocycles. The van der Waals surface area contributed by atoms with Crippen LogP contribution in [0.1, 0.15) is 17.3 Å². The summed E-state index contributed by atoms with van der Waals surface area (Å²) >= 11 is 0. The van der Waals surface area contributed by atoms with Crippen molar-refractivity contribution in [1.29, 1.82) is 0 Å². The number of rotatable bonds is 3. The molecular formula is C10H11FN2O3. The van der Waals surface area contributed by atoms with Crippen LogP contribution in [0.5, 0.6) is 5.75 Å². The number of hydrogen-bond donors (Lipinski definition) is 3. The van der Waals surface area contributed by atoms with Crippen LogP contribution in [0, 0.1) is 5.82 Å². The molecule has 0 aliphatic carbocycles. The minimum absolute atomic E-state index is 0.492. The molecule has 0 heterocycles. The molecule has 0 fully saturated rings. The van der Waals surface area contributed by atoms with Crippen molar-refractivity contribution in [2.75, 3.05) is 0 Å². The predicted molar refractivity (Wildman–Crippen MR) is 54.2 cm³/mol. The van der Waals surface area contributed by atoms with Gasteiger partial charge in [0.15, 0.2) is 0 Å². The highest BCUT2D eigenvalue weighted by Gasteiger charge is 2.19. The van der Waals surface area contributed by atoms with Gasteiger partial charge in [-0.05, 0) is 19.1 Å². The number of phenolic OH excluding ortho intramolecular Hbond substituents is 1. The molecule has 1 unspecified atom stereocenters. The van der Waals surface area contributed by atoms with Crippen molar-refractivity contribution in [2.45, 2.75) is 13.0 Å². The van der Waals surface area contributed by atoms with E-state index >= 15 is 0 Å². The molecule has 1 rings (SSSR count). The average molecular weight is 226 g/mol. The molecule has 0 aliphatic heterocycles. The van der Waals surface area contributed by atoms with Crippen LogP contribution in [0.15, 0.2) is 18.2 Å². The van der Waals surface area contributed by atoms with Gasteiger partial charge in [-0.15, -0.1) is 0 Å². The first-order chi connectivity index (χ1) is 7.43. The van der Waals surface area contributed by atoms with Crippen molar-refractivity contribution in [3.8, 4) is 5.75 Å². The zero-order valence-electron chi connectivity index (χ0n) is 8.53. The van der Waals surface area contributed by atoms with Crippen molar-refractivity contribution < 1.29 is 19.1 Å². The van der Waals surface area contributed by atoms with Crippen molar-refractivity contribution in [3.05, 3.63) is 29.6 Å². The largest absolute Gasteiger partial charge is 0.507 e. The summed E-state index contributed by atoms with van der Waals surface area (Å²) in [6.07, 6.45) is 0. The lowest BCUT2D eigenvalue weighted by molar-refractivity contribution is -0.119. The van der Waals surface area contributed by atoms with E-state index in [2.05, 4.69) is 5.32 Å². The van der Waals surface area contributed by atoms with E-state index in [1.165, 1.54) is 19.1 Å². The van der Waals surface area contributed by atoms with Gasteiger partial charge in [-0.25, -0.2) is 4.39 Å². The number of amides is 2. The zero-order chi connectivity index (χ0) is 12.3. The number of nitrogens with one attached hydrogen (secondary N) is 1. The van der Waals surface area contributed by atoms with E-state index < -0.39 is 35.0 Å². The van der Waals surface area contributed by atoms with Crippen molar-refractivity contribution in [1.82, 2.24) is 5.32 Å². The molecule has 4 N–H and O–H groups in total. The molecule has 0 radical (unpaired) electrons. The summed E-state index contributed by atoms with van der Waals surface area (Å²) < 4.78 is 13.2. The summed E-state index contributed by atoms with van der Waals surface area (Å²) in [6.45, 7) is 1.36. The highest BCUT2D eigenvalue weighted by atomic mass is 19.1. The van der Waals surface area contributed by atoms with Gasteiger partial charge < -0.3 is 16.2 Å². The van der Waals surface area contributed by atoms with Gasteiger partial charge in [0.1, 0.15) is 23.2 Å². The zero-order valence-corrected chi connectivity index (χ0v) is 8.53. The van der Waals surface area contributed by atoms with Crippen LogP contribution in [0.3, 0.4) is 0 Å². The molecule has 0 saturated heterocycles. The van der Waals surface area contributed by atoms with E-state index in [-0.39, 0.29) is 0 Å². The number of primary amides is 1. The maximum atomic E-state index is 13.2. The lowest BCUT2D eigenvalue weighted by atomic mass is 10.1. The SMILES string of the molecule is CC(NC(=O)c1c(O)cccc1F)C(N)=O. The number of halogens is 1. The van der Waals surface area contributed by atoms with Gasteiger partial charge in [0, 0.05) is 0 Å².